The number of nitrogens with zero attached hydrogens (tertiary/aromatic N) is 1. The number of rotatable bonds is 5. The van der Waals surface area contributed by atoms with Crippen LogP contribution in [0.2, 0.25) is 5.02 Å². The molecule has 0 radical (unpaired) electrons. The minimum absolute atomic E-state index is 0.0689. The predicted molar refractivity (Wildman–Crippen MR) is 79.4 cm³/mol. The molecule has 22 heavy (non-hydrogen) atoms. The fourth-order valence-corrected chi connectivity index (χ4v) is 2.10. The summed E-state index contributed by atoms with van der Waals surface area (Å²) in [4.78, 5) is 11.6. The van der Waals surface area contributed by atoms with E-state index in [1.165, 1.54) is 6.07 Å². The summed E-state index contributed by atoms with van der Waals surface area (Å²) in [7, 11) is -4.39. The zero-order valence-corrected chi connectivity index (χ0v) is 12.6. The van der Waals surface area contributed by atoms with E-state index in [1.54, 1.807) is 24.3 Å². The van der Waals surface area contributed by atoms with Crippen LogP contribution in [-0.2, 0) is 21.3 Å². The molecule has 0 fully saturated rings. The van der Waals surface area contributed by atoms with E-state index in [9.17, 15) is 13.2 Å². The van der Waals surface area contributed by atoms with Crippen molar-refractivity contribution in [3.63, 3.8) is 0 Å². The molecule has 2 aromatic rings. The van der Waals surface area contributed by atoms with E-state index >= 15 is 0 Å². The summed E-state index contributed by atoms with van der Waals surface area (Å²) in [5.74, 6) is -0.292. The van der Waals surface area contributed by atoms with E-state index in [0.717, 1.165) is 17.8 Å². The first kappa shape index (κ1) is 16.2. The Hall–Kier alpha value is -2.16. The van der Waals surface area contributed by atoms with Gasteiger partial charge in [0.2, 0.25) is 11.0 Å². The van der Waals surface area contributed by atoms with E-state index in [4.69, 9.17) is 20.6 Å². The van der Waals surface area contributed by atoms with Crippen molar-refractivity contribution in [1.29, 1.82) is 0 Å². The number of carbonyl (C=O) groups excluding carboxylic acids is 1. The Labute approximate surface area is 131 Å². The van der Waals surface area contributed by atoms with Gasteiger partial charge in [0.05, 0.1) is 12.6 Å². The molecule has 0 saturated carbocycles. The standard InChI is InChI=1S/C13H11ClN2O5S/c14-10-3-1-9(2-4-10)7-12(17)16-15-8-11-5-6-13(21-11)22(18,19)20/h1-6,8H,7H2,(H,16,17)(H,18,19,20)/b15-8+. The van der Waals surface area contributed by atoms with Gasteiger partial charge in [-0.25, -0.2) is 5.43 Å². The Morgan fingerprint density at radius 1 is 1.27 bits per heavy atom. The topological polar surface area (TPSA) is 109 Å². The number of benzene rings is 1. The van der Waals surface area contributed by atoms with Gasteiger partial charge in [0.25, 0.3) is 0 Å². The van der Waals surface area contributed by atoms with Gasteiger partial charge >= 0.3 is 10.1 Å². The van der Waals surface area contributed by atoms with Crippen molar-refractivity contribution >= 4 is 33.8 Å². The average Bonchev–Trinajstić information content (AvgIpc) is 2.90. The molecule has 2 N–H and O–H groups in total. The molecule has 0 spiro atoms. The maximum Gasteiger partial charge on any atom is 0.328 e. The molecular formula is C13H11ClN2O5S. The molecule has 9 heteroatoms. The molecule has 116 valence electrons. The molecule has 0 saturated heterocycles. The van der Waals surface area contributed by atoms with E-state index in [0.29, 0.717) is 5.02 Å². The quantitative estimate of drug-likeness (QED) is 0.490. The number of halogens is 1. The number of hydrogen-bond donors (Lipinski definition) is 2. The van der Waals surface area contributed by atoms with Gasteiger partial charge < -0.3 is 4.42 Å². The Kier molecular flexibility index (Phi) is 4.96. The summed E-state index contributed by atoms with van der Waals surface area (Å²) in [6, 6.07) is 9.15. The highest BCUT2D eigenvalue weighted by molar-refractivity contribution is 7.85. The van der Waals surface area contributed by atoms with Gasteiger partial charge in [0.1, 0.15) is 5.76 Å². The summed E-state index contributed by atoms with van der Waals surface area (Å²) in [5.41, 5.74) is 3.04. The number of furan rings is 1. The lowest BCUT2D eigenvalue weighted by molar-refractivity contribution is -0.120. The second kappa shape index (κ2) is 6.73. The average molecular weight is 343 g/mol. The van der Waals surface area contributed by atoms with Crippen molar-refractivity contribution in [1.82, 2.24) is 5.43 Å². The maximum absolute atomic E-state index is 11.6. The minimum atomic E-state index is -4.39. The van der Waals surface area contributed by atoms with E-state index in [2.05, 4.69) is 10.5 Å². The van der Waals surface area contributed by atoms with Gasteiger partial charge in [-0.3, -0.25) is 9.35 Å². The van der Waals surface area contributed by atoms with Crippen molar-refractivity contribution in [2.75, 3.05) is 0 Å². The summed E-state index contributed by atoms with van der Waals surface area (Å²) in [5, 5.41) is 3.61. The second-order valence-corrected chi connectivity index (χ2v) is 6.02. The molecule has 2 rings (SSSR count). The van der Waals surface area contributed by atoms with Crippen molar-refractivity contribution in [3.05, 3.63) is 52.7 Å². The van der Waals surface area contributed by atoms with Crippen LogP contribution in [0.3, 0.4) is 0 Å². The van der Waals surface area contributed by atoms with Gasteiger partial charge in [-0.2, -0.15) is 13.5 Å². The molecule has 1 heterocycles. The molecule has 0 aliphatic carbocycles. The monoisotopic (exact) mass is 342 g/mol. The number of carbonyl (C=O) groups is 1. The van der Waals surface area contributed by atoms with Crippen LogP contribution in [0.15, 0.2) is 51.0 Å². The Morgan fingerprint density at radius 3 is 2.55 bits per heavy atom. The third kappa shape index (κ3) is 4.69. The fraction of sp³-hybridized carbons (Fsp3) is 0.0769. The highest BCUT2D eigenvalue weighted by atomic mass is 35.5. The van der Waals surface area contributed by atoms with Gasteiger partial charge in [0, 0.05) is 5.02 Å². The van der Waals surface area contributed by atoms with E-state index < -0.39 is 15.2 Å². The third-order valence-electron chi connectivity index (χ3n) is 2.52. The van der Waals surface area contributed by atoms with Crippen LogP contribution in [-0.4, -0.2) is 25.1 Å². The van der Waals surface area contributed by atoms with Crippen LogP contribution in [0.25, 0.3) is 0 Å². The largest absolute Gasteiger partial charge is 0.441 e. The van der Waals surface area contributed by atoms with Crippen molar-refractivity contribution in [2.24, 2.45) is 5.10 Å². The molecule has 0 unspecified atom stereocenters. The first-order valence-electron chi connectivity index (χ1n) is 5.98. The highest BCUT2D eigenvalue weighted by Crippen LogP contribution is 2.12. The Balaban J connectivity index is 1.90. The van der Waals surface area contributed by atoms with Gasteiger partial charge in [-0.05, 0) is 29.8 Å². The van der Waals surface area contributed by atoms with Gasteiger partial charge in [0.15, 0.2) is 0 Å². The Morgan fingerprint density at radius 2 is 1.95 bits per heavy atom. The lowest BCUT2D eigenvalue weighted by Gasteiger charge is -2.00. The first-order chi connectivity index (χ1) is 10.3. The smallest absolute Gasteiger partial charge is 0.328 e. The number of amides is 1. The number of hydrazone groups is 1. The van der Waals surface area contributed by atoms with Crippen molar-refractivity contribution in [2.45, 2.75) is 11.5 Å². The van der Waals surface area contributed by atoms with Crippen LogP contribution in [0, 0.1) is 0 Å². The summed E-state index contributed by atoms with van der Waals surface area (Å²) in [6.45, 7) is 0. The Bertz CT molecular complexity index is 796. The zero-order valence-electron chi connectivity index (χ0n) is 11.1. The molecule has 0 atom stereocenters. The van der Waals surface area contributed by atoms with Gasteiger partial charge in [-0.15, -0.1) is 0 Å². The van der Waals surface area contributed by atoms with E-state index in [1.807, 2.05) is 0 Å². The van der Waals surface area contributed by atoms with Crippen LogP contribution in [0.1, 0.15) is 11.3 Å². The van der Waals surface area contributed by atoms with Gasteiger partial charge in [-0.1, -0.05) is 23.7 Å². The molecule has 1 aromatic heterocycles. The number of hydrogen-bond acceptors (Lipinski definition) is 5. The lowest BCUT2D eigenvalue weighted by Crippen LogP contribution is -2.19. The van der Waals surface area contributed by atoms with Crippen molar-refractivity contribution < 1.29 is 22.2 Å². The molecule has 7 nitrogen and oxygen atoms in total. The molecule has 0 aliphatic heterocycles. The molecule has 1 aromatic carbocycles. The SMILES string of the molecule is O=C(Cc1ccc(Cl)cc1)N/N=C/c1ccc(S(=O)(=O)O)o1. The second-order valence-electron chi connectivity index (χ2n) is 4.23. The number of nitrogens with one attached hydrogen (secondary N) is 1. The molecule has 0 bridgehead atoms. The highest BCUT2D eigenvalue weighted by Gasteiger charge is 2.14. The summed E-state index contributed by atoms with van der Waals surface area (Å²) in [6.07, 6.45) is 1.23. The molecular weight excluding hydrogens is 332 g/mol. The zero-order chi connectivity index (χ0) is 16.2. The van der Waals surface area contributed by atoms with Crippen LogP contribution in [0.5, 0.6) is 0 Å². The first-order valence-corrected chi connectivity index (χ1v) is 7.80. The fourth-order valence-electron chi connectivity index (χ4n) is 1.54. The summed E-state index contributed by atoms with van der Waals surface area (Å²) < 4.78 is 35.1. The molecule has 0 aliphatic rings. The minimum Gasteiger partial charge on any atom is -0.441 e. The van der Waals surface area contributed by atoms with Crippen LogP contribution in [0.4, 0.5) is 0 Å². The van der Waals surface area contributed by atoms with E-state index in [-0.39, 0.29) is 18.1 Å². The lowest BCUT2D eigenvalue weighted by atomic mass is 10.1. The molecule has 1 amide bonds. The van der Waals surface area contributed by atoms with Crippen LogP contribution >= 0.6 is 11.6 Å². The normalized spacial score (nSPS) is 11.7. The predicted octanol–water partition coefficient (Wildman–Crippen LogP) is 1.87. The maximum atomic E-state index is 11.6. The van der Waals surface area contributed by atoms with Crippen LogP contribution < -0.4 is 5.43 Å². The van der Waals surface area contributed by atoms with Crippen molar-refractivity contribution in [3.8, 4) is 0 Å². The third-order valence-corrected chi connectivity index (χ3v) is 3.50. The summed E-state index contributed by atoms with van der Waals surface area (Å²) >= 11 is 5.74.